The van der Waals surface area contributed by atoms with Crippen LogP contribution in [0.2, 0.25) is 0 Å². The van der Waals surface area contributed by atoms with Crippen LogP contribution in [0.25, 0.3) is 0 Å². The number of halogens is 2. The van der Waals surface area contributed by atoms with Crippen LogP contribution in [0, 0.1) is 11.6 Å². The quantitative estimate of drug-likeness (QED) is 0.310. The lowest BCUT2D eigenvalue weighted by atomic mass is 10.0. The lowest BCUT2D eigenvalue weighted by Crippen LogP contribution is -2.42. The molecular weight excluding hydrogens is 474 g/mol. The zero-order valence-electron chi connectivity index (χ0n) is 20.2. The molecule has 0 saturated heterocycles. The SMILES string of the molecule is COc1ccc(NC(=O)C(c2cccc(F)c2)N(Cc2ccccc2F)C(=O)Cc2ccccc2)cc1. The fraction of sp³-hybridized carbons (Fsp3) is 0.133. The van der Waals surface area contributed by atoms with Crippen LogP contribution in [0.1, 0.15) is 22.7 Å². The molecular formula is C30H26F2N2O3. The minimum atomic E-state index is -1.23. The number of hydrogen-bond acceptors (Lipinski definition) is 3. The van der Waals surface area contributed by atoms with Gasteiger partial charge in [0.2, 0.25) is 5.91 Å². The van der Waals surface area contributed by atoms with Crippen molar-refractivity contribution in [3.05, 3.63) is 131 Å². The standard InChI is InChI=1S/C30H26F2N2O3/c1-37-26-16-14-25(15-17-26)33-30(36)29(22-11-7-12-24(31)19-22)34(20-23-10-5-6-13-27(23)32)28(35)18-21-8-3-2-4-9-21/h2-17,19,29H,18,20H2,1H3,(H,33,36). The van der Waals surface area contributed by atoms with Crippen molar-refractivity contribution < 1.29 is 23.1 Å². The second-order valence-electron chi connectivity index (χ2n) is 8.45. The summed E-state index contributed by atoms with van der Waals surface area (Å²) in [6.07, 6.45) is -0.0169. The summed E-state index contributed by atoms with van der Waals surface area (Å²) in [6, 6.07) is 26.1. The van der Waals surface area contributed by atoms with E-state index >= 15 is 0 Å². The van der Waals surface area contributed by atoms with Crippen LogP contribution in [0.5, 0.6) is 5.75 Å². The molecule has 0 fully saturated rings. The van der Waals surface area contributed by atoms with Crippen molar-refractivity contribution >= 4 is 17.5 Å². The van der Waals surface area contributed by atoms with Crippen LogP contribution >= 0.6 is 0 Å². The van der Waals surface area contributed by atoms with Crippen LogP contribution in [0.4, 0.5) is 14.5 Å². The van der Waals surface area contributed by atoms with E-state index in [0.717, 1.165) is 5.56 Å². The number of nitrogens with zero attached hydrogens (tertiary/aromatic N) is 1. The fourth-order valence-corrected chi connectivity index (χ4v) is 4.04. The number of carbonyl (C=O) groups excluding carboxylic acids is 2. The number of anilines is 1. The first-order chi connectivity index (χ1) is 17.9. The van der Waals surface area contributed by atoms with Crippen molar-refractivity contribution in [2.24, 2.45) is 0 Å². The second kappa shape index (κ2) is 11.9. The molecule has 2 amide bonds. The zero-order valence-corrected chi connectivity index (χ0v) is 20.2. The van der Waals surface area contributed by atoms with Gasteiger partial charge in [0.05, 0.1) is 13.5 Å². The van der Waals surface area contributed by atoms with Crippen molar-refractivity contribution in [2.45, 2.75) is 19.0 Å². The maximum absolute atomic E-state index is 14.7. The summed E-state index contributed by atoms with van der Waals surface area (Å²) in [5.41, 5.74) is 1.71. The topological polar surface area (TPSA) is 58.6 Å². The Labute approximate surface area is 214 Å². The molecule has 1 N–H and O–H groups in total. The summed E-state index contributed by atoms with van der Waals surface area (Å²) in [5, 5.41) is 2.81. The van der Waals surface area contributed by atoms with Gasteiger partial charge in [-0.25, -0.2) is 8.78 Å². The van der Waals surface area contributed by atoms with Gasteiger partial charge in [-0.3, -0.25) is 9.59 Å². The highest BCUT2D eigenvalue weighted by Gasteiger charge is 2.32. The fourth-order valence-electron chi connectivity index (χ4n) is 4.04. The third-order valence-electron chi connectivity index (χ3n) is 5.90. The highest BCUT2D eigenvalue weighted by atomic mass is 19.1. The van der Waals surface area contributed by atoms with Crippen LogP contribution in [-0.2, 0) is 22.6 Å². The largest absolute Gasteiger partial charge is 0.497 e. The Morgan fingerprint density at radius 3 is 2.24 bits per heavy atom. The van der Waals surface area contributed by atoms with Crippen molar-refractivity contribution in [1.29, 1.82) is 0 Å². The predicted molar refractivity (Wildman–Crippen MR) is 138 cm³/mol. The van der Waals surface area contributed by atoms with Gasteiger partial charge in [0, 0.05) is 17.8 Å². The number of ether oxygens (including phenoxy) is 1. The van der Waals surface area contributed by atoms with Crippen LogP contribution in [0.3, 0.4) is 0 Å². The molecule has 7 heteroatoms. The van der Waals surface area contributed by atoms with Gasteiger partial charge in [0.1, 0.15) is 23.4 Å². The van der Waals surface area contributed by atoms with Gasteiger partial charge in [-0.1, -0.05) is 60.7 Å². The van der Waals surface area contributed by atoms with E-state index in [9.17, 15) is 18.4 Å². The third-order valence-corrected chi connectivity index (χ3v) is 5.90. The molecule has 37 heavy (non-hydrogen) atoms. The normalized spacial score (nSPS) is 11.4. The first kappa shape index (κ1) is 25.6. The molecule has 0 heterocycles. The van der Waals surface area contributed by atoms with E-state index in [-0.39, 0.29) is 24.1 Å². The molecule has 0 spiro atoms. The number of rotatable bonds is 9. The second-order valence-corrected chi connectivity index (χ2v) is 8.45. The number of amides is 2. The molecule has 4 aromatic rings. The van der Waals surface area contributed by atoms with Gasteiger partial charge in [-0.05, 0) is 53.6 Å². The minimum Gasteiger partial charge on any atom is -0.497 e. The van der Waals surface area contributed by atoms with E-state index in [2.05, 4.69) is 5.32 Å². The zero-order chi connectivity index (χ0) is 26.2. The highest BCUT2D eigenvalue weighted by molar-refractivity contribution is 5.98. The summed E-state index contributed by atoms with van der Waals surface area (Å²) in [4.78, 5) is 28.7. The number of nitrogens with one attached hydrogen (secondary N) is 1. The Balaban J connectivity index is 1.75. The first-order valence-corrected chi connectivity index (χ1v) is 11.7. The van der Waals surface area contributed by atoms with Gasteiger partial charge in [0.25, 0.3) is 5.91 Å². The first-order valence-electron chi connectivity index (χ1n) is 11.7. The molecule has 1 unspecified atom stereocenters. The maximum atomic E-state index is 14.7. The number of benzene rings is 4. The molecule has 0 radical (unpaired) electrons. The Bertz CT molecular complexity index is 1360. The van der Waals surface area contributed by atoms with Gasteiger partial charge in [0.15, 0.2) is 0 Å². The molecule has 188 valence electrons. The van der Waals surface area contributed by atoms with E-state index < -0.39 is 29.5 Å². The Hall–Kier alpha value is -4.52. The number of hydrogen-bond donors (Lipinski definition) is 1. The van der Waals surface area contributed by atoms with Crippen LogP contribution in [0.15, 0.2) is 103 Å². The lowest BCUT2D eigenvalue weighted by molar-refractivity contribution is -0.139. The third kappa shape index (κ3) is 6.58. The van der Waals surface area contributed by atoms with E-state index in [4.69, 9.17) is 4.74 Å². The molecule has 0 bridgehead atoms. The molecule has 1 atom stereocenters. The van der Waals surface area contributed by atoms with Crippen LogP contribution in [-0.4, -0.2) is 23.8 Å². The predicted octanol–water partition coefficient (Wildman–Crippen LogP) is 5.92. The molecule has 0 aliphatic heterocycles. The number of methoxy groups -OCH3 is 1. The van der Waals surface area contributed by atoms with Crippen molar-refractivity contribution in [1.82, 2.24) is 4.90 Å². The van der Waals surface area contributed by atoms with Gasteiger partial charge in [-0.2, -0.15) is 0 Å². The molecule has 4 aromatic carbocycles. The van der Waals surface area contributed by atoms with Gasteiger partial charge >= 0.3 is 0 Å². The average molecular weight is 501 g/mol. The van der Waals surface area contributed by atoms with Crippen molar-refractivity contribution in [2.75, 3.05) is 12.4 Å². The smallest absolute Gasteiger partial charge is 0.251 e. The average Bonchev–Trinajstić information content (AvgIpc) is 2.90. The molecule has 0 aromatic heterocycles. The van der Waals surface area contributed by atoms with E-state index in [1.807, 2.05) is 18.2 Å². The van der Waals surface area contributed by atoms with E-state index in [1.165, 1.54) is 36.3 Å². The molecule has 4 rings (SSSR count). The maximum Gasteiger partial charge on any atom is 0.251 e. The number of carbonyl (C=O) groups is 2. The summed E-state index contributed by atoms with van der Waals surface area (Å²) in [7, 11) is 1.53. The Morgan fingerprint density at radius 1 is 0.865 bits per heavy atom. The summed E-state index contributed by atoms with van der Waals surface area (Å²) >= 11 is 0. The molecule has 5 nitrogen and oxygen atoms in total. The van der Waals surface area contributed by atoms with Gasteiger partial charge < -0.3 is 15.0 Å². The summed E-state index contributed by atoms with van der Waals surface area (Å²) in [5.74, 6) is -1.42. The lowest BCUT2D eigenvalue weighted by Gasteiger charge is -2.32. The summed E-state index contributed by atoms with van der Waals surface area (Å²) < 4.78 is 34.1. The van der Waals surface area contributed by atoms with E-state index in [0.29, 0.717) is 11.4 Å². The Kier molecular flexibility index (Phi) is 8.26. The van der Waals surface area contributed by atoms with Crippen LogP contribution < -0.4 is 10.1 Å². The molecule has 0 aliphatic carbocycles. The minimum absolute atomic E-state index is 0.0169. The van der Waals surface area contributed by atoms with Crippen molar-refractivity contribution in [3.8, 4) is 5.75 Å². The Morgan fingerprint density at radius 2 is 1.57 bits per heavy atom. The van der Waals surface area contributed by atoms with Crippen molar-refractivity contribution in [3.63, 3.8) is 0 Å². The monoisotopic (exact) mass is 500 g/mol. The van der Waals surface area contributed by atoms with E-state index in [1.54, 1.807) is 60.7 Å². The molecule has 0 saturated carbocycles. The highest BCUT2D eigenvalue weighted by Crippen LogP contribution is 2.28. The summed E-state index contributed by atoms with van der Waals surface area (Å²) in [6.45, 7) is -0.185. The molecule has 0 aliphatic rings. The van der Waals surface area contributed by atoms with Gasteiger partial charge in [-0.15, -0.1) is 0 Å².